The van der Waals surface area contributed by atoms with Crippen LogP contribution in [0.5, 0.6) is 0 Å². The SMILES string of the molecule is O=C1Nc2cc([B-](F)(F)F)ccc2CO1.[K+]. The van der Waals surface area contributed by atoms with E-state index >= 15 is 0 Å². The van der Waals surface area contributed by atoms with Crippen molar-refractivity contribution in [2.45, 2.75) is 6.61 Å². The van der Waals surface area contributed by atoms with Crippen LogP contribution in [-0.4, -0.2) is 13.1 Å². The molecular formula is C8H6BF3KNO2. The van der Waals surface area contributed by atoms with E-state index in [1.807, 2.05) is 0 Å². The van der Waals surface area contributed by atoms with Crippen LogP contribution in [0.1, 0.15) is 5.56 Å². The van der Waals surface area contributed by atoms with Gasteiger partial charge < -0.3 is 17.7 Å². The molecule has 3 nitrogen and oxygen atoms in total. The molecule has 16 heavy (non-hydrogen) atoms. The zero-order valence-corrected chi connectivity index (χ0v) is 11.6. The predicted molar refractivity (Wildman–Crippen MR) is 49.0 cm³/mol. The summed E-state index contributed by atoms with van der Waals surface area (Å²) in [5, 5.41) is 2.22. The van der Waals surface area contributed by atoms with E-state index in [2.05, 4.69) is 10.1 Å². The number of ether oxygens (including phenoxy) is 1. The molecule has 0 fully saturated rings. The first-order valence-corrected chi connectivity index (χ1v) is 4.23. The van der Waals surface area contributed by atoms with Crippen LogP contribution in [0.3, 0.4) is 0 Å². The summed E-state index contributed by atoms with van der Waals surface area (Å²) < 4.78 is 41.7. The third kappa shape index (κ3) is 3.01. The maximum atomic E-state index is 12.4. The summed E-state index contributed by atoms with van der Waals surface area (Å²) in [6, 6.07) is 3.22. The minimum absolute atomic E-state index is 0. The van der Waals surface area contributed by atoms with E-state index in [0.717, 1.165) is 12.1 Å². The third-order valence-corrected chi connectivity index (χ3v) is 2.11. The number of carbonyl (C=O) groups excluding carboxylic acids is 1. The molecule has 0 saturated carbocycles. The van der Waals surface area contributed by atoms with Gasteiger partial charge in [0.25, 0.3) is 0 Å². The second kappa shape index (κ2) is 5.09. The van der Waals surface area contributed by atoms with E-state index in [9.17, 15) is 17.7 Å². The van der Waals surface area contributed by atoms with Crippen molar-refractivity contribution in [2.75, 3.05) is 5.32 Å². The minimum atomic E-state index is -5.04. The van der Waals surface area contributed by atoms with Gasteiger partial charge in [-0.15, -0.1) is 5.46 Å². The van der Waals surface area contributed by atoms with Crippen molar-refractivity contribution in [1.82, 2.24) is 0 Å². The summed E-state index contributed by atoms with van der Waals surface area (Å²) in [6.07, 6.45) is -0.727. The summed E-state index contributed by atoms with van der Waals surface area (Å²) >= 11 is 0. The molecule has 1 aliphatic rings. The predicted octanol–water partition coefficient (Wildman–Crippen LogP) is -1.19. The van der Waals surface area contributed by atoms with Crippen LogP contribution in [-0.2, 0) is 11.3 Å². The fourth-order valence-electron chi connectivity index (χ4n) is 1.33. The number of rotatable bonds is 1. The molecule has 1 aromatic rings. The van der Waals surface area contributed by atoms with Gasteiger partial charge in [0.2, 0.25) is 0 Å². The first-order chi connectivity index (χ1) is 6.97. The number of hydrogen-bond donors (Lipinski definition) is 1. The number of halogens is 3. The number of anilines is 1. The molecule has 0 radical (unpaired) electrons. The van der Waals surface area contributed by atoms with Crippen molar-refractivity contribution in [2.24, 2.45) is 0 Å². The van der Waals surface area contributed by atoms with Crippen molar-refractivity contribution in [1.29, 1.82) is 0 Å². The molecule has 1 heterocycles. The number of cyclic esters (lactones) is 1. The molecule has 1 aromatic carbocycles. The zero-order valence-electron chi connectivity index (χ0n) is 8.47. The summed E-state index contributed by atoms with van der Waals surface area (Å²) in [5.74, 6) is 0. The average Bonchev–Trinajstić information content (AvgIpc) is 2.15. The zero-order chi connectivity index (χ0) is 11.1. The standard InChI is InChI=1S/C8H6BF3NO2.K/c10-9(11,12)6-2-1-5-4-15-8(14)13-7(5)3-6;/h1-3H,4H2,(H,13,14);/q-1;+1. The molecule has 1 amide bonds. The Kier molecular flexibility index (Phi) is 4.47. The molecule has 0 unspecified atom stereocenters. The fourth-order valence-corrected chi connectivity index (χ4v) is 1.33. The Morgan fingerprint density at radius 2 is 2.00 bits per heavy atom. The summed E-state index contributed by atoms with van der Waals surface area (Å²) in [5.41, 5.74) is -0.0164. The summed E-state index contributed by atoms with van der Waals surface area (Å²) in [6.45, 7) is -5.03. The topological polar surface area (TPSA) is 38.3 Å². The van der Waals surface area contributed by atoms with Gasteiger partial charge in [-0.3, -0.25) is 5.32 Å². The fraction of sp³-hybridized carbons (Fsp3) is 0.125. The van der Waals surface area contributed by atoms with Gasteiger partial charge in [0.05, 0.1) is 0 Å². The first kappa shape index (κ1) is 14.0. The largest absolute Gasteiger partial charge is 1.00 e. The number of carbonyl (C=O) groups is 1. The molecule has 8 heteroatoms. The number of amides is 1. The Labute approximate surface area is 132 Å². The smallest absolute Gasteiger partial charge is 0.445 e. The maximum absolute atomic E-state index is 12.4. The monoisotopic (exact) mass is 255 g/mol. The van der Waals surface area contributed by atoms with Crippen molar-refractivity contribution in [3.63, 3.8) is 0 Å². The Morgan fingerprint density at radius 1 is 1.31 bits per heavy atom. The Hall–Kier alpha value is -0.0187. The van der Waals surface area contributed by atoms with E-state index in [4.69, 9.17) is 0 Å². The average molecular weight is 255 g/mol. The van der Waals surface area contributed by atoms with Gasteiger partial charge in [-0.2, -0.15) is 0 Å². The van der Waals surface area contributed by atoms with E-state index < -0.39 is 18.5 Å². The summed E-state index contributed by atoms with van der Waals surface area (Å²) in [4.78, 5) is 10.8. The minimum Gasteiger partial charge on any atom is -0.445 e. The van der Waals surface area contributed by atoms with Gasteiger partial charge in [-0.1, -0.05) is 18.2 Å². The van der Waals surface area contributed by atoms with Gasteiger partial charge in [0.15, 0.2) is 0 Å². The molecule has 0 bridgehead atoms. The van der Waals surface area contributed by atoms with Crippen molar-refractivity contribution in [3.05, 3.63) is 23.8 Å². The van der Waals surface area contributed by atoms with Crippen LogP contribution < -0.4 is 62.2 Å². The van der Waals surface area contributed by atoms with Crippen molar-refractivity contribution in [3.8, 4) is 0 Å². The van der Waals surface area contributed by atoms with Gasteiger partial charge in [-0.25, -0.2) is 4.79 Å². The van der Waals surface area contributed by atoms with Crippen LogP contribution in [0.2, 0.25) is 0 Å². The molecule has 1 aliphatic heterocycles. The normalized spacial score (nSPS) is 14.3. The van der Waals surface area contributed by atoms with E-state index in [-0.39, 0.29) is 63.7 Å². The Balaban J connectivity index is 0.00000128. The second-order valence-electron chi connectivity index (χ2n) is 3.19. The number of benzene rings is 1. The quantitative estimate of drug-likeness (QED) is 0.641. The Bertz CT molecular complexity index is 424. The first-order valence-electron chi connectivity index (χ1n) is 4.23. The van der Waals surface area contributed by atoms with Gasteiger partial charge in [-0.05, 0) is 0 Å². The van der Waals surface area contributed by atoms with Gasteiger partial charge >= 0.3 is 64.5 Å². The van der Waals surface area contributed by atoms with Gasteiger partial charge in [0, 0.05) is 11.3 Å². The number of hydrogen-bond acceptors (Lipinski definition) is 2. The van der Waals surface area contributed by atoms with Gasteiger partial charge in [0.1, 0.15) is 6.61 Å². The molecule has 0 saturated heterocycles. The van der Waals surface area contributed by atoms with Crippen molar-refractivity contribution < 1.29 is 73.9 Å². The molecule has 0 aliphatic carbocycles. The molecular weight excluding hydrogens is 249 g/mol. The number of nitrogens with one attached hydrogen (secondary N) is 1. The van der Waals surface area contributed by atoms with Crippen LogP contribution >= 0.6 is 0 Å². The van der Waals surface area contributed by atoms with E-state index in [1.54, 1.807) is 0 Å². The number of fused-ring (bicyclic) bond motifs is 1. The van der Waals surface area contributed by atoms with Crippen molar-refractivity contribution >= 4 is 24.2 Å². The summed E-state index contributed by atoms with van der Waals surface area (Å²) in [7, 11) is 0. The molecule has 1 N–H and O–H groups in total. The molecule has 2 rings (SSSR count). The van der Waals surface area contributed by atoms with Crippen LogP contribution in [0.4, 0.5) is 23.4 Å². The third-order valence-electron chi connectivity index (χ3n) is 2.11. The molecule has 0 atom stereocenters. The second-order valence-corrected chi connectivity index (χ2v) is 3.19. The van der Waals surface area contributed by atoms with Crippen LogP contribution in [0, 0.1) is 0 Å². The molecule has 0 spiro atoms. The van der Waals surface area contributed by atoms with Crippen LogP contribution in [0.25, 0.3) is 0 Å². The molecule has 0 aromatic heterocycles. The van der Waals surface area contributed by atoms with Crippen LogP contribution in [0.15, 0.2) is 18.2 Å². The maximum Gasteiger partial charge on any atom is 1.00 e. The molecule has 80 valence electrons. The van der Waals surface area contributed by atoms with E-state index in [1.165, 1.54) is 6.07 Å². The Morgan fingerprint density at radius 3 is 2.62 bits per heavy atom. The van der Waals surface area contributed by atoms with E-state index in [0.29, 0.717) is 5.56 Å².